The van der Waals surface area contributed by atoms with Crippen LogP contribution in [0.25, 0.3) is 0 Å². The molecule has 3 nitrogen and oxygen atoms in total. The van der Waals surface area contributed by atoms with Crippen molar-refractivity contribution in [1.82, 2.24) is 4.90 Å². The van der Waals surface area contributed by atoms with E-state index in [0.29, 0.717) is 28.9 Å². The highest BCUT2D eigenvalue weighted by Crippen LogP contribution is 2.34. The molecule has 0 spiro atoms. The van der Waals surface area contributed by atoms with Gasteiger partial charge in [0.25, 0.3) is 0 Å². The first kappa shape index (κ1) is 13.3. The van der Waals surface area contributed by atoms with Crippen molar-refractivity contribution >= 4 is 29.5 Å². The third kappa shape index (κ3) is 3.11. The fourth-order valence-corrected chi connectivity index (χ4v) is 1.81. The van der Waals surface area contributed by atoms with Crippen LogP contribution in [-0.4, -0.2) is 31.9 Å². The number of halogens is 2. The number of nitrogens with zero attached hydrogens (tertiary/aromatic N) is 1. The molecule has 0 radical (unpaired) electrons. The van der Waals surface area contributed by atoms with Crippen molar-refractivity contribution in [3.05, 3.63) is 27.7 Å². The Labute approximate surface area is 105 Å². The summed E-state index contributed by atoms with van der Waals surface area (Å²) in [7, 11) is 3.37. The van der Waals surface area contributed by atoms with Gasteiger partial charge in [-0.15, -0.1) is 0 Å². The molecule has 1 aromatic rings. The van der Waals surface area contributed by atoms with E-state index in [-0.39, 0.29) is 0 Å². The maximum absolute atomic E-state index is 10.3. The highest BCUT2D eigenvalue weighted by atomic mass is 35.5. The molecule has 0 N–H and O–H groups in total. The SMILES string of the molecule is COc1ccc(CN(C)CC=O)c(Cl)c1Cl. The molecule has 0 atom stereocenters. The topological polar surface area (TPSA) is 29.5 Å². The van der Waals surface area contributed by atoms with E-state index < -0.39 is 0 Å². The number of methoxy groups -OCH3 is 1. The zero-order chi connectivity index (χ0) is 12.1. The number of carbonyl (C=O) groups excluding carboxylic acids is 1. The van der Waals surface area contributed by atoms with Crippen molar-refractivity contribution in [1.29, 1.82) is 0 Å². The normalized spacial score (nSPS) is 10.6. The Balaban J connectivity index is 2.90. The Morgan fingerprint density at radius 1 is 1.38 bits per heavy atom. The van der Waals surface area contributed by atoms with Crippen molar-refractivity contribution < 1.29 is 9.53 Å². The highest BCUT2D eigenvalue weighted by molar-refractivity contribution is 6.43. The van der Waals surface area contributed by atoms with Gasteiger partial charge in [0.2, 0.25) is 0 Å². The molecule has 0 heterocycles. The zero-order valence-electron chi connectivity index (χ0n) is 9.17. The number of rotatable bonds is 5. The van der Waals surface area contributed by atoms with E-state index in [0.717, 1.165) is 11.8 Å². The van der Waals surface area contributed by atoms with Crippen molar-refractivity contribution in [2.45, 2.75) is 6.54 Å². The fourth-order valence-electron chi connectivity index (χ4n) is 1.33. The molecule has 0 aromatic heterocycles. The standard InChI is InChI=1S/C11H13Cl2NO2/c1-14(5-6-15)7-8-3-4-9(16-2)11(13)10(8)12/h3-4,6H,5,7H2,1-2H3. The van der Waals surface area contributed by atoms with Crippen LogP contribution in [0.4, 0.5) is 0 Å². The first-order valence-electron chi connectivity index (χ1n) is 4.73. The molecule has 0 aliphatic carbocycles. The van der Waals surface area contributed by atoms with E-state index >= 15 is 0 Å². The van der Waals surface area contributed by atoms with Crippen LogP contribution in [0.3, 0.4) is 0 Å². The van der Waals surface area contributed by atoms with Gasteiger partial charge in [0.15, 0.2) is 0 Å². The molecule has 0 saturated carbocycles. The summed E-state index contributed by atoms with van der Waals surface area (Å²) in [6, 6.07) is 3.60. The molecular weight excluding hydrogens is 249 g/mol. The second-order valence-electron chi connectivity index (χ2n) is 3.42. The van der Waals surface area contributed by atoms with E-state index in [1.54, 1.807) is 6.07 Å². The molecule has 16 heavy (non-hydrogen) atoms. The first-order chi connectivity index (χ1) is 7.60. The molecule has 0 amide bonds. The van der Waals surface area contributed by atoms with Gasteiger partial charge in [0.1, 0.15) is 17.1 Å². The van der Waals surface area contributed by atoms with Gasteiger partial charge in [-0.05, 0) is 18.7 Å². The van der Waals surface area contributed by atoms with Crippen LogP contribution in [-0.2, 0) is 11.3 Å². The molecule has 0 aliphatic rings. The minimum Gasteiger partial charge on any atom is -0.495 e. The molecule has 1 aromatic carbocycles. The summed E-state index contributed by atoms with van der Waals surface area (Å²) in [5, 5.41) is 0.875. The van der Waals surface area contributed by atoms with Crippen molar-refractivity contribution in [2.75, 3.05) is 20.7 Å². The predicted octanol–water partition coefficient (Wildman–Crippen LogP) is 2.63. The number of ether oxygens (including phenoxy) is 1. The Hall–Kier alpha value is -0.770. The van der Waals surface area contributed by atoms with E-state index in [2.05, 4.69) is 0 Å². The number of benzene rings is 1. The average Bonchev–Trinajstić information content (AvgIpc) is 2.25. The van der Waals surface area contributed by atoms with Crippen LogP contribution >= 0.6 is 23.2 Å². The first-order valence-corrected chi connectivity index (χ1v) is 5.48. The fraction of sp³-hybridized carbons (Fsp3) is 0.364. The highest BCUT2D eigenvalue weighted by Gasteiger charge is 2.11. The van der Waals surface area contributed by atoms with E-state index in [1.165, 1.54) is 7.11 Å². The van der Waals surface area contributed by atoms with E-state index in [9.17, 15) is 4.79 Å². The molecule has 0 unspecified atom stereocenters. The third-order valence-electron chi connectivity index (χ3n) is 2.17. The van der Waals surface area contributed by atoms with Crippen LogP contribution in [0.5, 0.6) is 5.75 Å². The Morgan fingerprint density at radius 2 is 2.06 bits per heavy atom. The molecule has 0 saturated heterocycles. The minimum absolute atomic E-state index is 0.361. The van der Waals surface area contributed by atoms with Gasteiger partial charge in [-0.2, -0.15) is 0 Å². The van der Waals surface area contributed by atoms with Crippen LogP contribution < -0.4 is 4.74 Å². The summed E-state index contributed by atoms with van der Waals surface area (Å²) in [5.41, 5.74) is 0.872. The van der Waals surface area contributed by atoms with Crippen LogP contribution in [0.2, 0.25) is 10.0 Å². The lowest BCUT2D eigenvalue weighted by Crippen LogP contribution is -2.20. The summed E-state index contributed by atoms with van der Waals surface area (Å²) in [4.78, 5) is 12.2. The van der Waals surface area contributed by atoms with Gasteiger partial charge in [-0.1, -0.05) is 29.3 Å². The quantitative estimate of drug-likeness (QED) is 0.764. The lowest BCUT2D eigenvalue weighted by molar-refractivity contribution is -0.108. The Bertz CT molecular complexity index is 382. The number of carbonyl (C=O) groups is 1. The van der Waals surface area contributed by atoms with Crippen LogP contribution in [0, 0.1) is 0 Å². The molecule has 88 valence electrons. The number of likely N-dealkylation sites (N-methyl/N-ethyl adjacent to an activating group) is 1. The molecule has 0 fully saturated rings. The number of aldehydes is 1. The second-order valence-corrected chi connectivity index (χ2v) is 4.17. The molecular formula is C11H13Cl2NO2. The number of hydrogen-bond acceptors (Lipinski definition) is 3. The van der Waals surface area contributed by atoms with Gasteiger partial charge in [0.05, 0.1) is 18.7 Å². The maximum Gasteiger partial charge on any atom is 0.138 e. The Morgan fingerprint density at radius 3 is 2.62 bits per heavy atom. The van der Waals surface area contributed by atoms with E-state index in [1.807, 2.05) is 18.0 Å². The lowest BCUT2D eigenvalue weighted by atomic mass is 10.2. The summed E-state index contributed by atoms with van der Waals surface area (Å²) in [5.74, 6) is 0.549. The largest absolute Gasteiger partial charge is 0.495 e. The summed E-state index contributed by atoms with van der Waals surface area (Å²) in [6.45, 7) is 0.932. The Kier molecular flexibility index (Phi) is 5.06. The lowest BCUT2D eigenvalue weighted by Gasteiger charge is -2.15. The van der Waals surface area contributed by atoms with Crippen LogP contribution in [0.1, 0.15) is 5.56 Å². The van der Waals surface area contributed by atoms with Crippen LogP contribution in [0.15, 0.2) is 12.1 Å². The molecule has 5 heteroatoms. The van der Waals surface area contributed by atoms with E-state index in [4.69, 9.17) is 27.9 Å². The van der Waals surface area contributed by atoms with Crippen molar-refractivity contribution in [3.63, 3.8) is 0 Å². The molecule has 0 aliphatic heterocycles. The predicted molar refractivity (Wildman–Crippen MR) is 65.4 cm³/mol. The van der Waals surface area contributed by atoms with Gasteiger partial charge in [-0.25, -0.2) is 0 Å². The monoisotopic (exact) mass is 261 g/mol. The summed E-state index contributed by atoms with van der Waals surface area (Å²) < 4.78 is 5.05. The van der Waals surface area contributed by atoms with Gasteiger partial charge < -0.3 is 9.53 Å². The van der Waals surface area contributed by atoms with Crippen molar-refractivity contribution in [2.24, 2.45) is 0 Å². The third-order valence-corrected chi connectivity index (χ3v) is 3.08. The maximum atomic E-state index is 10.3. The molecule has 0 bridgehead atoms. The number of hydrogen-bond donors (Lipinski definition) is 0. The molecule has 1 rings (SSSR count). The summed E-state index contributed by atoms with van der Waals surface area (Å²) >= 11 is 12.1. The summed E-state index contributed by atoms with van der Waals surface area (Å²) in [6.07, 6.45) is 0.846. The zero-order valence-corrected chi connectivity index (χ0v) is 10.7. The average molecular weight is 262 g/mol. The van der Waals surface area contributed by atoms with Crippen molar-refractivity contribution in [3.8, 4) is 5.75 Å². The van der Waals surface area contributed by atoms with Gasteiger partial charge in [-0.3, -0.25) is 4.90 Å². The smallest absolute Gasteiger partial charge is 0.138 e. The van der Waals surface area contributed by atoms with Gasteiger partial charge >= 0.3 is 0 Å². The second kappa shape index (κ2) is 6.09. The van der Waals surface area contributed by atoms with Gasteiger partial charge in [0, 0.05) is 6.54 Å². The minimum atomic E-state index is 0.361.